The minimum Gasteiger partial charge on any atom is -0.369 e. The van der Waals surface area contributed by atoms with Crippen LogP contribution in [0.5, 0.6) is 0 Å². The van der Waals surface area contributed by atoms with E-state index in [4.69, 9.17) is 5.73 Å². The van der Waals surface area contributed by atoms with Crippen molar-refractivity contribution in [1.29, 1.82) is 0 Å². The van der Waals surface area contributed by atoms with Gasteiger partial charge in [-0.15, -0.1) is 0 Å². The first-order valence-electron chi connectivity index (χ1n) is 5.33. The van der Waals surface area contributed by atoms with Crippen LogP contribution >= 0.6 is 11.8 Å². The molecule has 0 fully saturated rings. The van der Waals surface area contributed by atoms with E-state index >= 15 is 0 Å². The highest BCUT2D eigenvalue weighted by Gasteiger charge is 2.13. The van der Waals surface area contributed by atoms with Gasteiger partial charge in [0.25, 0.3) is 0 Å². The third-order valence-electron chi connectivity index (χ3n) is 2.40. The molecule has 2 aromatic rings. The van der Waals surface area contributed by atoms with E-state index in [-0.39, 0.29) is 17.0 Å². The molecule has 0 aliphatic carbocycles. The SMILES string of the molecule is C[C@@H](Sc1ncc(-c2ccc(F)cc2)[nH]1)C(N)=O. The van der Waals surface area contributed by atoms with Crippen LogP contribution in [0.3, 0.4) is 0 Å². The molecule has 0 aliphatic heterocycles. The molecule has 1 aromatic heterocycles. The maximum Gasteiger partial charge on any atom is 0.230 e. The van der Waals surface area contributed by atoms with E-state index in [1.54, 1.807) is 25.3 Å². The third kappa shape index (κ3) is 2.89. The molecule has 0 saturated carbocycles. The van der Waals surface area contributed by atoms with E-state index < -0.39 is 0 Å². The minimum atomic E-state index is -0.389. The van der Waals surface area contributed by atoms with Crippen LogP contribution in [0.1, 0.15) is 6.92 Å². The summed E-state index contributed by atoms with van der Waals surface area (Å²) in [7, 11) is 0. The fourth-order valence-electron chi connectivity index (χ4n) is 1.36. The zero-order chi connectivity index (χ0) is 13.1. The van der Waals surface area contributed by atoms with Crippen LogP contribution in [0.15, 0.2) is 35.6 Å². The average Bonchev–Trinajstić information content (AvgIpc) is 2.78. The van der Waals surface area contributed by atoms with Crippen LogP contribution in [0.2, 0.25) is 0 Å². The number of hydrogen-bond acceptors (Lipinski definition) is 3. The molecule has 0 saturated heterocycles. The Kier molecular flexibility index (Phi) is 3.66. The summed E-state index contributed by atoms with van der Waals surface area (Å²) in [6.45, 7) is 1.72. The number of imidazole rings is 1. The van der Waals surface area contributed by atoms with E-state index in [1.807, 2.05) is 0 Å². The number of H-pyrrole nitrogens is 1. The lowest BCUT2D eigenvalue weighted by Gasteiger charge is -2.03. The van der Waals surface area contributed by atoms with Crippen molar-refractivity contribution >= 4 is 17.7 Å². The Morgan fingerprint density at radius 3 is 2.72 bits per heavy atom. The first kappa shape index (κ1) is 12.6. The second-order valence-corrected chi connectivity index (χ2v) is 5.10. The van der Waals surface area contributed by atoms with Crippen LogP contribution in [-0.2, 0) is 4.79 Å². The molecule has 4 nitrogen and oxygen atoms in total. The Morgan fingerprint density at radius 1 is 1.44 bits per heavy atom. The van der Waals surface area contributed by atoms with Crippen LogP contribution in [0, 0.1) is 5.82 Å². The molecule has 1 atom stereocenters. The van der Waals surface area contributed by atoms with E-state index in [9.17, 15) is 9.18 Å². The van der Waals surface area contributed by atoms with Gasteiger partial charge in [0.15, 0.2) is 5.16 Å². The smallest absolute Gasteiger partial charge is 0.230 e. The molecule has 2 rings (SSSR count). The molecule has 6 heteroatoms. The molecule has 1 heterocycles. The third-order valence-corrected chi connectivity index (χ3v) is 3.41. The molecule has 1 amide bonds. The highest BCUT2D eigenvalue weighted by Crippen LogP contribution is 2.24. The fourth-order valence-corrected chi connectivity index (χ4v) is 2.10. The largest absolute Gasteiger partial charge is 0.369 e. The molecule has 0 bridgehead atoms. The van der Waals surface area contributed by atoms with Crippen LogP contribution in [-0.4, -0.2) is 21.1 Å². The summed E-state index contributed by atoms with van der Waals surface area (Å²) in [5, 5.41) is 0.262. The monoisotopic (exact) mass is 265 g/mol. The molecular weight excluding hydrogens is 253 g/mol. The van der Waals surface area contributed by atoms with Crippen molar-refractivity contribution in [2.24, 2.45) is 5.73 Å². The molecule has 94 valence electrons. The average molecular weight is 265 g/mol. The summed E-state index contributed by atoms with van der Waals surface area (Å²) in [6.07, 6.45) is 1.64. The lowest BCUT2D eigenvalue weighted by Crippen LogP contribution is -2.22. The Morgan fingerprint density at radius 2 is 2.11 bits per heavy atom. The van der Waals surface area contributed by atoms with Crippen molar-refractivity contribution in [2.45, 2.75) is 17.3 Å². The van der Waals surface area contributed by atoms with Gasteiger partial charge in [0.2, 0.25) is 5.91 Å². The van der Waals surface area contributed by atoms with Crippen molar-refractivity contribution in [3.63, 3.8) is 0 Å². The highest BCUT2D eigenvalue weighted by atomic mass is 32.2. The number of thioether (sulfide) groups is 1. The molecule has 0 spiro atoms. The molecular formula is C12H12FN3OS. The van der Waals surface area contributed by atoms with Gasteiger partial charge in [0.05, 0.1) is 17.1 Å². The molecule has 0 aliphatic rings. The maximum absolute atomic E-state index is 12.8. The molecule has 1 aromatic carbocycles. The number of hydrogen-bond donors (Lipinski definition) is 2. The number of benzene rings is 1. The number of nitrogens with zero attached hydrogens (tertiary/aromatic N) is 1. The number of nitrogens with two attached hydrogens (primary N) is 1. The number of amides is 1. The quantitative estimate of drug-likeness (QED) is 0.832. The molecule has 3 N–H and O–H groups in total. The minimum absolute atomic E-state index is 0.282. The van der Waals surface area contributed by atoms with Gasteiger partial charge in [0, 0.05) is 0 Å². The summed E-state index contributed by atoms with van der Waals surface area (Å²) < 4.78 is 12.8. The molecule has 0 unspecified atom stereocenters. The van der Waals surface area contributed by atoms with Gasteiger partial charge in [-0.3, -0.25) is 4.79 Å². The second-order valence-electron chi connectivity index (χ2n) is 3.77. The first-order valence-corrected chi connectivity index (χ1v) is 6.21. The van der Waals surface area contributed by atoms with E-state index in [2.05, 4.69) is 9.97 Å². The van der Waals surface area contributed by atoms with E-state index in [0.717, 1.165) is 11.3 Å². The summed E-state index contributed by atoms with van der Waals surface area (Å²) in [5.41, 5.74) is 6.78. The van der Waals surface area contributed by atoms with E-state index in [0.29, 0.717) is 5.16 Å². The van der Waals surface area contributed by atoms with Gasteiger partial charge in [-0.05, 0) is 36.8 Å². The zero-order valence-corrected chi connectivity index (χ0v) is 10.5. The van der Waals surface area contributed by atoms with Crippen molar-refractivity contribution in [2.75, 3.05) is 0 Å². The van der Waals surface area contributed by atoms with Crippen molar-refractivity contribution < 1.29 is 9.18 Å². The summed E-state index contributed by atoms with van der Waals surface area (Å²) >= 11 is 1.26. The number of primary amides is 1. The number of rotatable bonds is 4. The zero-order valence-electron chi connectivity index (χ0n) is 9.68. The molecule has 0 radical (unpaired) electrons. The number of carbonyl (C=O) groups is 1. The topological polar surface area (TPSA) is 71.8 Å². The first-order chi connectivity index (χ1) is 8.56. The predicted molar refractivity (Wildman–Crippen MR) is 68.5 cm³/mol. The molecule has 18 heavy (non-hydrogen) atoms. The number of halogens is 1. The second kappa shape index (κ2) is 5.22. The van der Waals surface area contributed by atoms with Crippen LogP contribution < -0.4 is 5.73 Å². The van der Waals surface area contributed by atoms with Gasteiger partial charge in [0.1, 0.15) is 5.82 Å². The Hall–Kier alpha value is -1.82. The fraction of sp³-hybridized carbons (Fsp3) is 0.167. The Bertz CT molecular complexity index is 553. The summed E-state index contributed by atoms with van der Waals surface area (Å²) in [6, 6.07) is 6.09. The van der Waals surface area contributed by atoms with Gasteiger partial charge in [-0.2, -0.15) is 0 Å². The van der Waals surface area contributed by atoms with Crippen molar-refractivity contribution in [3.05, 3.63) is 36.3 Å². The Labute approximate surface area is 108 Å². The highest BCUT2D eigenvalue weighted by molar-refractivity contribution is 8.00. The lowest BCUT2D eigenvalue weighted by molar-refractivity contribution is -0.117. The standard InChI is InChI=1S/C12H12FN3OS/c1-7(11(14)17)18-12-15-6-10(16-12)8-2-4-9(13)5-3-8/h2-7H,1H3,(H2,14,17)(H,15,16)/t7-/m1/s1. The summed E-state index contributed by atoms with van der Waals surface area (Å²) in [5.74, 6) is -0.671. The lowest BCUT2D eigenvalue weighted by atomic mass is 10.2. The predicted octanol–water partition coefficient (Wildman–Crippen LogP) is 2.18. The number of carbonyl (C=O) groups excluding carboxylic acids is 1. The van der Waals surface area contributed by atoms with Gasteiger partial charge >= 0.3 is 0 Å². The van der Waals surface area contributed by atoms with Crippen LogP contribution in [0.25, 0.3) is 11.3 Å². The van der Waals surface area contributed by atoms with Gasteiger partial charge in [-0.1, -0.05) is 11.8 Å². The number of aromatic nitrogens is 2. The number of aromatic amines is 1. The number of nitrogens with one attached hydrogen (secondary N) is 1. The van der Waals surface area contributed by atoms with Gasteiger partial charge < -0.3 is 10.7 Å². The summed E-state index contributed by atoms with van der Waals surface area (Å²) in [4.78, 5) is 18.1. The Balaban J connectivity index is 2.15. The van der Waals surface area contributed by atoms with Gasteiger partial charge in [-0.25, -0.2) is 9.37 Å². The van der Waals surface area contributed by atoms with Crippen molar-refractivity contribution in [3.8, 4) is 11.3 Å². The van der Waals surface area contributed by atoms with Crippen LogP contribution in [0.4, 0.5) is 4.39 Å². The normalized spacial score (nSPS) is 12.3. The maximum atomic E-state index is 12.8. The van der Waals surface area contributed by atoms with Crippen molar-refractivity contribution in [1.82, 2.24) is 9.97 Å². The van der Waals surface area contributed by atoms with E-state index in [1.165, 1.54) is 23.9 Å².